The predicted molar refractivity (Wildman–Crippen MR) is 115 cm³/mol. The molecule has 2 saturated heterocycles. The van der Waals surface area contributed by atoms with Gasteiger partial charge >= 0.3 is 0 Å². The van der Waals surface area contributed by atoms with Crippen molar-refractivity contribution >= 4 is 12.6 Å². The van der Waals surface area contributed by atoms with E-state index in [1.807, 2.05) is 24.4 Å². The first-order chi connectivity index (χ1) is 13.7. The monoisotopic (exact) mass is 400 g/mol. The number of pyridine rings is 1. The minimum absolute atomic E-state index is 0.155. The molecule has 152 valence electrons. The molecule has 2 aliphatic heterocycles. The molecule has 0 radical (unpaired) electrons. The third kappa shape index (κ3) is 4.42. The van der Waals surface area contributed by atoms with Gasteiger partial charge in [-0.05, 0) is 64.5 Å². The van der Waals surface area contributed by atoms with E-state index in [2.05, 4.69) is 36.6 Å². The standard InChI is InChI=1S/C21H32N6S/c1-25-12-8-4-10-18(25)20-23-24-21(19(28)17-9-3-5-11-22-17)27(20)16-15-26-13-6-2-7-14-26/h3,5,9,11,18-19,28H,2,4,6-8,10,12-16H2,1H3. The summed E-state index contributed by atoms with van der Waals surface area (Å²) in [5.74, 6) is 2.03. The van der Waals surface area contributed by atoms with Crippen LogP contribution in [0, 0.1) is 0 Å². The van der Waals surface area contributed by atoms with Crippen molar-refractivity contribution in [3.63, 3.8) is 0 Å². The van der Waals surface area contributed by atoms with Crippen LogP contribution in [-0.4, -0.2) is 62.8 Å². The lowest BCUT2D eigenvalue weighted by Gasteiger charge is -2.33. The van der Waals surface area contributed by atoms with Crippen molar-refractivity contribution in [1.29, 1.82) is 0 Å². The van der Waals surface area contributed by atoms with E-state index in [-0.39, 0.29) is 5.25 Å². The summed E-state index contributed by atoms with van der Waals surface area (Å²) in [5.41, 5.74) is 0.931. The average molecular weight is 401 g/mol. The zero-order valence-corrected chi connectivity index (χ0v) is 17.8. The zero-order valence-electron chi connectivity index (χ0n) is 16.9. The van der Waals surface area contributed by atoms with Gasteiger partial charge < -0.3 is 9.47 Å². The quantitative estimate of drug-likeness (QED) is 0.754. The second-order valence-corrected chi connectivity index (χ2v) is 8.64. The van der Waals surface area contributed by atoms with Crippen molar-refractivity contribution in [2.45, 2.75) is 56.4 Å². The molecule has 0 spiro atoms. The van der Waals surface area contributed by atoms with Crippen LogP contribution in [0.5, 0.6) is 0 Å². The Morgan fingerprint density at radius 3 is 2.61 bits per heavy atom. The number of rotatable bonds is 6. The molecule has 0 amide bonds. The number of piperidine rings is 2. The van der Waals surface area contributed by atoms with E-state index in [4.69, 9.17) is 12.6 Å². The molecule has 0 bridgehead atoms. The third-order valence-corrected chi connectivity index (χ3v) is 6.67. The summed E-state index contributed by atoms with van der Waals surface area (Å²) in [6.07, 6.45) is 9.50. The molecular formula is C21H32N6S. The van der Waals surface area contributed by atoms with Crippen LogP contribution in [-0.2, 0) is 6.54 Å². The van der Waals surface area contributed by atoms with Crippen molar-refractivity contribution in [2.24, 2.45) is 0 Å². The molecule has 0 saturated carbocycles. The van der Waals surface area contributed by atoms with Crippen LogP contribution >= 0.6 is 12.6 Å². The number of nitrogens with zero attached hydrogens (tertiary/aromatic N) is 6. The van der Waals surface area contributed by atoms with E-state index in [1.54, 1.807) is 0 Å². The number of thiol groups is 1. The van der Waals surface area contributed by atoms with Crippen LogP contribution in [0.1, 0.15) is 67.2 Å². The van der Waals surface area contributed by atoms with Gasteiger partial charge in [0.15, 0.2) is 5.82 Å². The SMILES string of the molecule is CN1CCCCC1c1nnc(C(S)c2ccccn2)n1CCN1CCCCC1. The second-order valence-electron chi connectivity index (χ2n) is 8.12. The lowest BCUT2D eigenvalue weighted by Crippen LogP contribution is -2.35. The lowest BCUT2D eigenvalue weighted by atomic mass is 10.0. The minimum atomic E-state index is -0.155. The van der Waals surface area contributed by atoms with Gasteiger partial charge in [-0.3, -0.25) is 9.88 Å². The van der Waals surface area contributed by atoms with Gasteiger partial charge in [0.05, 0.1) is 11.7 Å². The Kier molecular flexibility index (Phi) is 6.65. The topological polar surface area (TPSA) is 50.1 Å². The summed E-state index contributed by atoms with van der Waals surface area (Å²) in [7, 11) is 2.21. The number of aromatic nitrogens is 4. The number of hydrogen-bond acceptors (Lipinski definition) is 6. The summed E-state index contributed by atoms with van der Waals surface area (Å²) in [5, 5.41) is 9.14. The van der Waals surface area contributed by atoms with Crippen LogP contribution in [0.3, 0.4) is 0 Å². The number of hydrogen-bond donors (Lipinski definition) is 1. The van der Waals surface area contributed by atoms with E-state index in [1.165, 1.54) is 45.2 Å². The second kappa shape index (κ2) is 9.37. The van der Waals surface area contributed by atoms with Crippen molar-refractivity contribution < 1.29 is 0 Å². The van der Waals surface area contributed by atoms with Crippen molar-refractivity contribution in [1.82, 2.24) is 29.5 Å². The molecule has 28 heavy (non-hydrogen) atoms. The molecule has 7 heteroatoms. The largest absolute Gasteiger partial charge is 0.311 e. The maximum Gasteiger partial charge on any atom is 0.152 e. The van der Waals surface area contributed by atoms with Crippen LogP contribution in [0.15, 0.2) is 24.4 Å². The third-order valence-electron chi connectivity index (χ3n) is 6.18. The Morgan fingerprint density at radius 1 is 1.04 bits per heavy atom. The molecule has 2 aromatic heterocycles. The van der Waals surface area contributed by atoms with Crippen molar-refractivity contribution in [3.05, 3.63) is 41.7 Å². The van der Waals surface area contributed by atoms with Gasteiger partial charge in [-0.25, -0.2) is 0 Å². The molecule has 4 rings (SSSR count). The van der Waals surface area contributed by atoms with E-state index in [0.29, 0.717) is 6.04 Å². The van der Waals surface area contributed by atoms with Gasteiger partial charge in [-0.15, -0.1) is 10.2 Å². The maximum atomic E-state index is 4.89. The predicted octanol–water partition coefficient (Wildman–Crippen LogP) is 3.34. The van der Waals surface area contributed by atoms with Crippen LogP contribution in [0.2, 0.25) is 0 Å². The molecule has 2 aromatic rings. The molecule has 2 aliphatic rings. The van der Waals surface area contributed by atoms with E-state index < -0.39 is 0 Å². The summed E-state index contributed by atoms with van der Waals surface area (Å²) < 4.78 is 2.34. The highest BCUT2D eigenvalue weighted by Crippen LogP contribution is 2.32. The molecule has 0 aliphatic carbocycles. The van der Waals surface area contributed by atoms with Gasteiger partial charge in [-0.1, -0.05) is 18.9 Å². The normalized spacial score (nSPS) is 23.0. The fourth-order valence-corrected chi connectivity index (χ4v) is 4.85. The highest BCUT2D eigenvalue weighted by atomic mass is 32.1. The lowest BCUT2D eigenvalue weighted by molar-refractivity contribution is 0.171. The van der Waals surface area contributed by atoms with Gasteiger partial charge in [-0.2, -0.15) is 12.6 Å². The summed E-state index contributed by atoms with van der Waals surface area (Å²) in [4.78, 5) is 9.52. The first kappa shape index (κ1) is 19.9. The molecule has 4 heterocycles. The first-order valence-corrected chi connectivity index (χ1v) is 11.2. The molecule has 2 fully saturated rings. The van der Waals surface area contributed by atoms with Crippen molar-refractivity contribution in [2.75, 3.05) is 33.2 Å². The Bertz CT molecular complexity index is 743. The van der Waals surface area contributed by atoms with E-state index in [9.17, 15) is 0 Å². The van der Waals surface area contributed by atoms with Gasteiger partial charge in [0.1, 0.15) is 11.1 Å². The maximum absolute atomic E-state index is 4.89. The summed E-state index contributed by atoms with van der Waals surface area (Å²) >= 11 is 4.89. The first-order valence-electron chi connectivity index (χ1n) is 10.7. The van der Waals surface area contributed by atoms with Gasteiger partial charge in [0.2, 0.25) is 0 Å². The highest BCUT2D eigenvalue weighted by molar-refractivity contribution is 7.80. The van der Waals surface area contributed by atoms with E-state index >= 15 is 0 Å². The highest BCUT2D eigenvalue weighted by Gasteiger charge is 2.29. The van der Waals surface area contributed by atoms with Crippen molar-refractivity contribution in [3.8, 4) is 0 Å². The van der Waals surface area contributed by atoms with Crippen LogP contribution in [0.4, 0.5) is 0 Å². The molecule has 2 unspecified atom stereocenters. The minimum Gasteiger partial charge on any atom is -0.311 e. The zero-order chi connectivity index (χ0) is 19.3. The molecular weight excluding hydrogens is 368 g/mol. The molecule has 0 aromatic carbocycles. The van der Waals surface area contributed by atoms with Gasteiger partial charge in [0.25, 0.3) is 0 Å². The fourth-order valence-electron chi connectivity index (χ4n) is 4.50. The average Bonchev–Trinajstić information content (AvgIpc) is 3.17. The Balaban J connectivity index is 1.61. The summed E-state index contributed by atoms with van der Waals surface area (Å²) in [6.45, 7) is 5.52. The molecule has 2 atom stereocenters. The molecule has 6 nitrogen and oxygen atoms in total. The molecule has 0 N–H and O–H groups in total. The summed E-state index contributed by atoms with van der Waals surface area (Å²) in [6, 6.07) is 6.32. The Morgan fingerprint density at radius 2 is 1.86 bits per heavy atom. The van der Waals surface area contributed by atoms with Crippen LogP contribution < -0.4 is 0 Å². The number of likely N-dealkylation sites (tertiary alicyclic amines) is 2. The van der Waals surface area contributed by atoms with Gasteiger partial charge in [0, 0.05) is 19.3 Å². The smallest absolute Gasteiger partial charge is 0.152 e. The van der Waals surface area contributed by atoms with Crippen LogP contribution in [0.25, 0.3) is 0 Å². The van der Waals surface area contributed by atoms with E-state index in [0.717, 1.165) is 43.4 Å². The Labute approximate surface area is 173 Å². The fraction of sp³-hybridized carbons (Fsp3) is 0.667. The Hall–Kier alpha value is -1.44.